The van der Waals surface area contributed by atoms with Gasteiger partial charge < -0.3 is 10.6 Å². The summed E-state index contributed by atoms with van der Waals surface area (Å²) in [6.07, 6.45) is 3.11. The van der Waals surface area contributed by atoms with Gasteiger partial charge in [-0.3, -0.25) is 4.99 Å². The summed E-state index contributed by atoms with van der Waals surface area (Å²) in [7, 11) is 1.62. The molecule has 0 bridgehead atoms. The number of aromatic nitrogens is 3. The van der Waals surface area contributed by atoms with Crippen LogP contribution in [0.1, 0.15) is 11.1 Å². The van der Waals surface area contributed by atoms with Gasteiger partial charge in [0.15, 0.2) is 5.96 Å². The van der Waals surface area contributed by atoms with Crippen molar-refractivity contribution in [1.29, 1.82) is 0 Å². The Morgan fingerprint density at radius 3 is 2.54 bits per heavy atom. The van der Waals surface area contributed by atoms with E-state index in [1.54, 1.807) is 18.1 Å². The van der Waals surface area contributed by atoms with Crippen LogP contribution >= 0.6 is 0 Å². The van der Waals surface area contributed by atoms with E-state index in [2.05, 4.69) is 25.7 Å². The summed E-state index contributed by atoms with van der Waals surface area (Å²) in [6.45, 7) is 0.664. The van der Waals surface area contributed by atoms with Crippen molar-refractivity contribution in [3.63, 3.8) is 0 Å². The lowest BCUT2D eigenvalue weighted by Gasteiger charge is -2.13. The summed E-state index contributed by atoms with van der Waals surface area (Å²) in [5.41, 5.74) is 2.19. The average Bonchev–Trinajstić information content (AvgIpc) is 3.20. The second-order valence-corrected chi connectivity index (χ2v) is 5.52. The molecule has 3 aromatic rings. The molecule has 0 fully saturated rings. The highest BCUT2D eigenvalue weighted by Gasteiger charge is 2.05. The molecule has 0 spiro atoms. The minimum atomic E-state index is -0.474. The topological polar surface area (TPSA) is 67.1 Å². The molecule has 0 unspecified atom stereocenters. The van der Waals surface area contributed by atoms with Crippen molar-refractivity contribution in [2.24, 2.45) is 4.99 Å². The maximum Gasteiger partial charge on any atom is 0.191 e. The molecule has 0 radical (unpaired) electrons. The number of rotatable bonds is 5. The molecule has 8 heteroatoms. The predicted octanol–water partition coefficient (Wildman–Crippen LogP) is 2.41. The molecule has 0 saturated heterocycles. The van der Waals surface area contributed by atoms with Gasteiger partial charge in [0, 0.05) is 25.7 Å². The smallest absolute Gasteiger partial charge is 0.191 e. The number of nitrogens with zero attached hydrogens (tertiary/aromatic N) is 4. The first-order valence-electron chi connectivity index (χ1n) is 7.98. The van der Waals surface area contributed by atoms with Crippen LogP contribution in [0.25, 0.3) is 5.69 Å². The highest BCUT2D eigenvalue weighted by atomic mass is 19.1. The van der Waals surface area contributed by atoms with Gasteiger partial charge in [0.1, 0.15) is 24.3 Å². The van der Waals surface area contributed by atoms with Gasteiger partial charge in [-0.2, -0.15) is 5.10 Å². The van der Waals surface area contributed by atoms with Crippen LogP contribution < -0.4 is 10.6 Å². The Morgan fingerprint density at radius 2 is 1.85 bits per heavy atom. The molecule has 1 heterocycles. The van der Waals surface area contributed by atoms with E-state index in [-0.39, 0.29) is 12.1 Å². The van der Waals surface area contributed by atoms with Crippen molar-refractivity contribution >= 4 is 5.96 Å². The molecule has 2 aromatic carbocycles. The second kappa shape index (κ2) is 8.19. The molecular formula is C18H18F2N6. The molecule has 1 aromatic heterocycles. The van der Waals surface area contributed by atoms with Crippen LogP contribution in [0.15, 0.2) is 60.1 Å². The van der Waals surface area contributed by atoms with E-state index in [4.69, 9.17) is 0 Å². The molecule has 26 heavy (non-hydrogen) atoms. The minimum absolute atomic E-state index is 0.133. The molecule has 0 atom stereocenters. The van der Waals surface area contributed by atoms with Crippen molar-refractivity contribution < 1.29 is 8.78 Å². The fourth-order valence-corrected chi connectivity index (χ4v) is 2.37. The van der Waals surface area contributed by atoms with Crippen molar-refractivity contribution in [3.05, 3.63) is 77.9 Å². The van der Waals surface area contributed by atoms with Gasteiger partial charge in [-0.05, 0) is 35.9 Å². The predicted molar refractivity (Wildman–Crippen MR) is 94.8 cm³/mol. The lowest BCUT2D eigenvalue weighted by Crippen LogP contribution is -2.36. The first kappa shape index (κ1) is 17.5. The first-order chi connectivity index (χ1) is 12.7. The van der Waals surface area contributed by atoms with E-state index in [0.717, 1.165) is 23.4 Å². The van der Waals surface area contributed by atoms with E-state index in [0.29, 0.717) is 12.5 Å². The third-order valence-corrected chi connectivity index (χ3v) is 3.76. The van der Waals surface area contributed by atoms with E-state index in [1.165, 1.54) is 12.4 Å². The van der Waals surface area contributed by atoms with Gasteiger partial charge in [0.05, 0.1) is 5.69 Å². The zero-order valence-electron chi connectivity index (χ0n) is 14.2. The summed E-state index contributed by atoms with van der Waals surface area (Å²) < 4.78 is 28.5. The third-order valence-electron chi connectivity index (χ3n) is 3.76. The first-order valence-corrected chi connectivity index (χ1v) is 7.98. The fourth-order valence-electron chi connectivity index (χ4n) is 2.37. The average molecular weight is 356 g/mol. The molecular weight excluding hydrogens is 338 g/mol. The standard InChI is InChI=1S/C18H18F2N6/c1-21-18(24-10-14-8-15(19)4-7-17(14)20)23-9-13-2-5-16(6-3-13)26-12-22-11-25-26/h2-8,11-12H,9-10H2,1H3,(H2,21,23,24). The number of guanidine groups is 1. The van der Waals surface area contributed by atoms with Gasteiger partial charge in [-0.25, -0.2) is 18.4 Å². The van der Waals surface area contributed by atoms with Crippen LogP contribution in [0.2, 0.25) is 0 Å². The highest BCUT2D eigenvalue weighted by molar-refractivity contribution is 5.79. The Morgan fingerprint density at radius 1 is 1.08 bits per heavy atom. The summed E-state index contributed by atoms with van der Waals surface area (Å²) >= 11 is 0. The third kappa shape index (κ3) is 4.41. The van der Waals surface area contributed by atoms with Gasteiger partial charge in [-0.1, -0.05) is 12.1 Å². The van der Waals surface area contributed by atoms with Crippen LogP contribution in [0, 0.1) is 11.6 Å². The van der Waals surface area contributed by atoms with E-state index >= 15 is 0 Å². The van der Waals surface area contributed by atoms with E-state index in [9.17, 15) is 8.78 Å². The molecule has 0 amide bonds. The van der Waals surface area contributed by atoms with Crippen molar-refractivity contribution in [2.75, 3.05) is 7.05 Å². The van der Waals surface area contributed by atoms with Crippen molar-refractivity contribution in [1.82, 2.24) is 25.4 Å². The van der Waals surface area contributed by atoms with Crippen LogP contribution in [0.4, 0.5) is 8.78 Å². The maximum absolute atomic E-state index is 13.7. The van der Waals surface area contributed by atoms with Crippen molar-refractivity contribution in [3.8, 4) is 5.69 Å². The van der Waals surface area contributed by atoms with E-state index in [1.807, 2.05) is 24.3 Å². The quantitative estimate of drug-likeness (QED) is 0.544. The van der Waals surface area contributed by atoms with Gasteiger partial charge in [-0.15, -0.1) is 0 Å². The Kier molecular flexibility index (Phi) is 5.52. The zero-order valence-corrected chi connectivity index (χ0v) is 14.2. The molecule has 0 saturated carbocycles. The van der Waals surface area contributed by atoms with Gasteiger partial charge >= 0.3 is 0 Å². The number of hydrogen-bond acceptors (Lipinski definition) is 3. The van der Waals surface area contributed by atoms with Gasteiger partial charge in [0.2, 0.25) is 0 Å². The molecule has 0 aliphatic rings. The number of halogens is 2. The number of hydrogen-bond donors (Lipinski definition) is 2. The van der Waals surface area contributed by atoms with Crippen molar-refractivity contribution in [2.45, 2.75) is 13.1 Å². The number of benzene rings is 2. The Labute approximate surface area is 149 Å². The SMILES string of the molecule is CN=C(NCc1ccc(-n2cncn2)cc1)NCc1cc(F)ccc1F. The van der Waals surface area contributed by atoms with Crippen LogP contribution in [-0.4, -0.2) is 27.8 Å². The lowest BCUT2D eigenvalue weighted by atomic mass is 10.2. The number of nitrogens with one attached hydrogen (secondary N) is 2. The Bertz CT molecular complexity index is 875. The molecule has 3 rings (SSSR count). The monoisotopic (exact) mass is 356 g/mol. The molecule has 6 nitrogen and oxygen atoms in total. The largest absolute Gasteiger partial charge is 0.352 e. The van der Waals surface area contributed by atoms with Crippen LogP contribution in [-0.2, 0) is 13.1 Å². The lowest BCUT2D eigenvalue weighted by molar-refractivity contribution is 0.581. The minimum Gasteiger partial charge on any atom is -0.352 e. The Balaban J connectivity index is 1.55. The van der Waals surface area contributed by atoms with Crippen LogP contribution in [0.3, 0.4) is 0 Å². The summed E-state index contributed by atoms with van der Waals surface area (Å²) in [5, 5.41) is 10.2. The molecule has 134 valence electrons. The summed E-state index contributed by atoms with van der Waals surface area (Å²) in [5.74, 6) is -0.439. The molecule has 0 aliphatic carbocycles. The van der Waals surface area contributed by atoms with Crippen LogP contribution in [0.5, 0.6) is 0 Å². The second-order valence-electron chi connectivity index (χ2n) is 5.52. The summed E-state index contributed by atoms with van der Waals surface area (Å²) in [6, 6.07) is 11.2. The van der Waals surface area contributed by atoms with Gasteiger partial charge in [0.25, 0.3) is 0 Å². The summed E-state index contributed by atoms with van der Waals surface area (Å²) in [4.78, 5) is 8.00. The maximum atomic E-state index is 13.7. The zero-order chi connectivity index (χ0) is 18.4. The number of aliphatic imine (C=N–C) groups is 1. The normalized spacial score (nSPS) is 11.4. The molecule has 0 aliphatic heterocycles. The Hall–Kier alpha value is -3.29. The van der Waals surface area contributed by atoms with E-state index < -0.39 is 11.6 Å². The fraction of sp³-hybridized carbons (Fsp3) is 0.167. The highest BCUT2D eigenvalue weighted by Crippen LogP contribution is 2.10. The molecule has 2 N–H and O–H groups in total.